The standard InChI is InChI=1S/C12H25NO3/c1-2-3-4-5-6-7-8-9-10-12(14)11-13(15)16/h12,14H,2-11H2,1H3. The van der Waals surface area contributed by atoms with Gasteiger partial charge in [-0.1, -0.05) is 58.3 Å². The third kappa shape index (κ3) is 11.4. The fourth-order valence-corrected chi connectivity index (χ4v) is 1.78. The Bertz CT molecular complexity index is 174. The number of hydrogen-bond donors (Lipinski definition) is 1. The van der Waals surface area contributed by atoms with Crippen molar-refractivity contribution in [2.24, 2.45) is 0 Å². The maximum atomic E-state index is 10.1. The molecule has 4 nitrogen and oxygen atoms in total. The molecule has 0 aliphatic heterocycles. The molecule has 0 heterocycles. The van der Waals surface area contributed by atoms with E-state index < -0.39 is 11.0 Å². The van der Waals surface area contributed by atoms with Crippen LogP contribution in [0.3, 0.4) is 0 Å². The first kappa shape index (κ1) is 15.4. The molecule has 0 radical (unpaired) electrons. The maximum Gasteiger partial charge on any atom is 0.229 e. The molecule has 0 aromatic heterocycles. The molecule has 1 N–H and O–H groups in total. The molecule has 16 heavy (non-hydrogen) atoms. The second-order valence-corrected chi connectivity index (χ2v) is 4.43. The van der Waals surface area contributed by atoms with E-state index in [1.165, 1.54) is 38.5 Å². The van der Waals surface area contributed by atoms with Gasteiger partial charge in [0.05, 0.1) is 0 Å². The Morgan fingerprint density at radius 3 is 2.06 bits per heavy atom. The molecule has 1 unspecified atom stereocenters. The molecule has 4 heteroatoms. The van der Waals surface area contributed by atoms with Crippen LogP contribution in [0.25, 0.3) is 0 Å². The van der Waals surface area contributed by atoms with E-state index in [0.29, 0.717) is 6.42 Å². The van der Waals surface area contributed by atoms with E-state index in [-0.39, 0.29) is 6.54 Å². The molecule has 0 saturated heterocycles. The van der Waals surface area contributed by atoms with Gasteiger partial charge in [0.1, 0.15) is 6.10 Å². The monoisotopic (exact) mass is 231 g/mol. The summed E-state index contributed by atoms with van der Waals surface area (Å²) in [6.45, 7) is 1.90. The summed E-state index contributed by atoms with van der Waals surface area (Å²) in [6.07, 6.45) is 9.45. The van der Waals surface area contributed by atoms with Gasteiger partial charge in [-0.15, -0.1) is 0 Å². The van der Waals surface area contributed by atoms with E-state index >= 15 is 0 Å². The molecule has 0 amide bonds. The first-order chi connectivity index (χ1) is 7.66. The lowest BCUT2D eigenvalue weighted by Crippen LogP contribution is -2.18. The van der Waals surface area contributed by atoms with Gasteiger partial charge in [-0.2, -0.15) is 0 Å². The highest BCUT2D eigenvalue weighted by molar-refractivity contribution is 4.54. The van der Waals surface area contributed by atoms with Crippen molar-refractivity contribution in [1.82, 2.24) is 0 Å². The van der Waals surface area contributed by atoms with E-state index in [2.05, 4.69) is 6.92 Å². The molecule has 0 aliphatic carbocycles. The molecule has 96 valence electrons. The van der Waals surface area contributed by atoms with Crippen LogP contribution in [-0.4, -0.2) is 22.7 Å². The van der Waals surface area contributed by atoms with Gasteiger partial charge in [0.25, 0.3) is 0 Å². The molecule has 1 atom stereocenters. The normalized spacial score (nSPS) is 12.6. The highest BCUT2D eigenvalue weighted by Crippen LogP contribution is 2.10. The van der Waals surface area contributed by atoms with Crippen LogP contribution in [0.15, 0.2) is 0 Å². The zero-order chi connectivity index (χ0) is 12.2. The second kappa shape index (κ2) is 10.9. The third-order valence-corrected chi connectivity index (χ3v) is 2.75. The van der Waals surface area contributed by atoms with Gasteiger partial charge in [0, 0.05) is 4.92 Å². The summed E-state index contributed by atoms with van der Waals surface area (Å²) < 4.78 is 0. The van der Waals surface area contributed by atoms with Crippen molar-refractivity contribution < 1.29 is 10.0 Å². The quantitative estimate of drug-likeness (QED) is 0.337. The Balaban J connectivity index is 3.11. The van der Waals surface area contributed by atoms with Gasteiger partial charge in [-0.25, -0.2) is 0 Å². The van der Waals surface area contributed by atoms with Gasteiger partial charge in [0.2, 0.25) is 6.54 Å². The summed E-state index contributed by atoms with van der Waals surface area (Å²) in [5, 5.41) is 19.3. The van der Waals surface area contributed by atoms with E-state index in [1.807, 2.05) is 0 Å². The third-order valence-electron chi connectivity index (χ3n) is 2.75. The Kier molecular flexibility index (Phi) is 10.4. The molecule has 0 aromatic carbocycles. The lowest BCUT2D eigenvalue weighted by Gasteiger charge is -2.05. The van der Waals surface area contributed by atoms with Gasteiger partial charge in [-0.3, -0.25) is 10.1 Å². The average Bonchev–Trinajstić information content (AvgIpc) is 2.21. The van der Waals surface area contributed by atoms with Gasteiger partial charge in [-0.05, 0) is 6.42 Å². The second-order valence-electron chi connectivity index (χ2n) is 4.43. The smallest absolute Gasteiger partial charge is 0.229 e. The topological polar surface area (TPSA) is 63.4 Å². The molecular weight excluding hydrogens is 206 g/mol. The van der Waals surface area contributed by atoms with Crippen molar-refractivity contribution in [2.45, 2.75) is 70.8 Å². The Hall–Kier alpha value is -0.640. The maximum absolute atomic E-state index is 10.1. The Morgan fingerprint density at radius 2 is 1.56 bits per heavy atom. The fourth-order valence-electron chi connectivity index (χ4n) is 1.78. The van der Waals surface area contributed by atoms with Crippen molar-refractivity contribution in [2.75, 3.05) is 6.54 Å². The number of hydrogen-bond acceptors (Lipinski definition) is 3. The minimum absolute atomic E-state index is 0.309. The number of aliphatic hydroxyl groups is 1. The van der Waals surface area contributed by atoms with Crippen LogP contribution < -0.4 is 0 Å². The number of aliphatic hydroxyl groups excluding tert-OH is 1. The molecule has 0 spiro atoms. The van der Waals surface area contributed by atoms with Crippen LogP contribution in [-0.2, 0) is 0 Å². The summed E-state index contributed by atoms with van der Waals surface area (Å²) >= 11 is 0. The highest BCUT2D eigenvalue weighted by atomic mass is 16.6. The molecule has 0 rings (SSSR count). The molecule has 0 saturated carbocycles. The van der Waals surface area contributed by atoms with Crippen LogP contribution in [0.2, 0.25) is 0 Å². The number of rotatable bonds is 11. The van der Waals surface area contributed by atoms with Gasteiger partial charge < -0.3 is 5.11 Å². The average molecular weight is 231 g/mol. The van der Waals surface area contributed by atoms with Gasteiger partial charge in [0.15, 0.2) is 0 Å². The largest absolute Gasteiger partial charge is 0.386 e. The van der Waals surface area contributed by atoms with Crippen LogP contribution in [0.5, 0.6) is 0 Å². The zero-order valence-electron chi connectivity index (χ0n) is 10.4. The fraction of sp³-hybridized carbons (Fsp3) is 1.00. The summed E-state index contributed by atoms with van der Waals surface area (Å²) in [6, 6.07) is 0. The molecule has 0 fully saturated rings. The number of nitro groups is 1. The van der Waals surface area contributed by atoms with Crippen molar-refractivity contribution >= 4 is 0 Å². The highest BCUT2D eigenvalue weighted by Gasteiger charge is 2.09. The lowest BCUT2D eigenvalue weighted by atomic mass is 10.1. The molecule has 0 aromatic rings. The van der Waals surface area contributed by atoms with E-state index in [0.717, 1.165) is 12.8 Å². The molecular formula is C12H25NO3. The van der Waals surface area contributed by atoms with E-state index in [9.17, 15) is 15.2 Å². The zero-order valence-corrected chi connectivity index (χ0v) is 10.4. The Labute approximate surface area is 98.2 Å². The summed E-state index contributed by atoms with van der Waals surface area (Å²) in [4.78, 5) is 9.64. The first-order valence-corrected chi connectivity index (χ1v) is 6.46. The number of nitrogens with zero attached hydrogens (tertiary/aromatic N) is 1. The van der Waals surface area contributed by atoms with Crippen LogP contribution in [0, 0.1) is 10.1 Å². The van der Waals surface area contributed by atoms with Crippen molar-refractivity contribution in [3.63, 3.8) is 0 Å². The van der Waals surface area contributed by atoms with Crippen LogP contribution in [0.4, 0.5) is 0 Å². The number of unbranched alkanes of at least 4 members (excludes halogenated alkanes) is 7. The van der Waals surface area contributed by atoms with Crippen LogP contribution >= 0.6 is 0 Å². The minimum atomic E-state index is -0.755. The minimum Gasteiger partial charge on any atom is -0.386 e. The predicted molar refractivity (Wildman–Crippen MR) is 65.1 cm³/mol. The van der Waals surface area contributed by atoms with Crippen molar-refractivity contribution in [3.8, 4) is 0 Å². The molecule has 0 bridgehead atoms. The Morgan fingerprint density at radius 1 is 1.06 bits per heavy atom. The predicted octanol–water partition coefficient (Wildman–Crippen LogP) is 3.15. The van der Waals surface area contributed by atoms with Crippen molar-refractivity contribution in [1.29, 1.82) is 0 Å². The van der Waals surface area contributed by atoms with Crippen molar-refractivity contribution in [3.05, 3.63) is 10.1 Å². The molecule has 0 aliphatic rings. The van der Waals surface area contributed by atoms with Crippen LogP contribution in [0.1, 0.15) is 64.7 Å². The summed E-state index contributed by atoms with van der Waals surface area (Å²) in [7, 11) is 0. The summed E-state index contributed by atoms with van der Waals surface area (Å²) in [5.74, 6) is 0. The summed E-state index contributed by atoms with van der Waals surface area (Å²) in [5.41, 5.74) is 0. The first-order valence-electron chi connectivity index (χ1n) is 6.46. The lowest BCUT2D eigenvalue weighted by molar-refractivity contribution is -0.490. The van der Waals surface area contributed by atoms with E-state index in [4.69, 9.17) is 0 Å². The van der Waals surface area contributed by atoms with E-state index in [1.54, 1.807) is 0 Å². The SMILES string of the molecule is CCCCCCCCCCC(O)C[N+](=O)[O-]. The van der Waals surface area contributed by atoms with Gasteiger partial charge >= 0.3 is 0 Å².